The van der Waals surface area contributed by atoms with Gasteiger partial charge in [0, 0.05) is 18.6 Å². The van der Waals surface area contributed by atoms with Gasteiger partial charge >= 0.3 is 0 Å². The third kappa shape index (κ3) is 2.81. The maximum absolute atomic E-state index is 6.37. The standard InChI is InChI=1S/C15H23ClN2/c1-4-17-13-8-9-18(12(3)10-13)15-11(2)6-5-7-14(15)16/h5-7,12-13,17H,4,8-10H2,1-3H3. The number of nitrogens with one attached hydrogen (secondary N) is 1. The minimum absolute atomic E-state index is 0.543. The first-order chi connectivity index (χ1) is 8.63. The van der Waals surface area contributed by atoms with Crippen LogP contribution in [-0.2, 0) is 0 Å². The van der Waals surface area contributed by atoms with Crippen molar-refractivity contribution in [1.82, 2.24) is 5.32 Å². The summed E-state index contributed by atoms with van der Waals surface area (Å²) in [6.45, 7) is 8.76. The largest absolute Gasteiger partial charge is 0.367 e. The van der Waals surface area contributed by atoms with E-state index in [0.29, 0.717) is 12.1 Å². The minimum Gasteiger partial charge on any atom is -0.367 e. The van der Waals surface area contributed by atoms with Gasteiger partial charge in [0.1, 0.15) is 0 Å². The highest BCUT2D eigenvalue weighted by Gasteiger charge is 2.26. The van der Waals surface area contributed by atoms with Crippen LogP contribution in [0.4, 0.5) is 5.69 Å². The van der Waals surface area contributed by atoms with Crippen LogP contribution < -0.4 is 10.2 Å². The molecule has 0 radical (unpaired) electrons. The van der Waals surface area contributed by atoms with E-state index in [1.54, 1.807) is 0 Å². The van der Waals surface area contributed by atoms with E-state index in [1.165, 1.54) is 24.1 Å². The smallest absolute Gasteiger partial charge is 0.0642 e. The van der Waals surface area contributed by atoms with Gasteiger partial charge in [0.05, 0.1) is 10.7 Å². The van der Waals surface area contributed by atoms with Crippen molar-refractivity contribution < 1.29 is 0 Å². The number of anilines is 1. The summed E-state index contributed by atoms with van der Waals surface area (Å²) in [6.07, 6.45) is 2.39. The zero-order valence-corrected chi connectivity index (χ0v) is 12.3. The molecule has 0 saturated carbocycles. The zero-order chi connectivity index (χ0) is 13.1. The molecule has 0 bridgehead atoms. The lowest BCUT2D eigenvalue weighted by molar-refractivity contribution is 0.374. The third-order valence-electron chi connectivity index (χ3n) is 3.84. The Hall–Kier alpha value is -0.730. The second kappa shape index (κ2) is 5.94. The van der Waals surface area contributed by atoms with Gasteiger partial charge in [-0.15, -0.1) is 0 Å². The fourth-order valence-electron chi connectivity index (χ4n) is 2.97. The average molecular weight is 267 g/mol. The van der Waals surface area contributed by atoms with Gasteiger partial charge in [-0.1, -0.05) is 30.7 Å². The van der Waals surface area contributed by atoms with E-state index in [1.807, 2.05) is 12.1 Å². The first-order valence-electron chi connectivity index (χ1n) is 6.88. The van der Waals surface area contributed by atoms with E-state index < -0.39 is 0 Å². The third-order valence-corrected chi connectivity index (χ3v) is 4.15. The van der Waals surface area contributed by atoms with E-state index in [9.17, 15) is 0 Å². The van der Waals surface area contributed by atoms with Gasteiger partial charge in [0.15, 0.2) is 0 Å². The van der Waals surface area contributed by atoms with E-state index in [2.05, 4.69) is 37.1 Å². The average Bonchev–Trinajstić information content (AvgIpc) is 2.32. The van der Waals surface area contributed by atoms with Crippen LogP contribution in [0.5, 0.6) is 0 Å². The fourth-order valence-corrected chi connectivity index (χ4v) is 3.30. The van der Waals surface area contributed by atoms with Crippen LogP contribution in [0.1, 0.15) is 32.3 Å². The zero-order valence-electron chi connectivity index (χ0n) is 11.5. The van der Waals surface area contributed by atoms with Gasteiger partial charge in [-0.25, -0.2) is 0 Å². The van der Waals surface area contributed by atoms with Crippen molar-refractivity contribution in [3.8, 4) is 0 Å². The number of para-hydroxylation sites is 1. The molecule has 2 rings (SSSR count). The molecule has 1 N–H and O–H groups in total. The molecule has 3 heteroatoms. The van der Waals surface area contributed by atoms with Gasteiger partial charge < -0.3 is 10.2 Å². The second-order valence-electron chi connectivity index (χ2n) is 5.23. The number of hydrogen-bond acceptors (Lipinski definition) is 2. The number of benzene rings is 1. The molecule has 2 atom stereocenters. The molecule has 2 unspecified atom stereocenters. The van der Waals surface area contributed by atoms with Crippen molar-refractivity contribution >= 4 is 17.3 Å². The number of rotatable bonds is 3. The van der Waals surface area contributed by atoms with Gasteiger partial charge in [-0.2, -0.15) is 0 Å². The molecular formula is C15H23ClN2. The van der Waals surface area contributed by atoms with Crippen molar-refractivity contribution in [3.63, 3.8) is 0 Å². The van der Waals surface area contributed by atoms with Crippen LogP contribution in [0.3, 0.4) is 0 Å². The summed E-state index contributed by atoms with van der Waals surface area (Å²) < 4.78 is 0. The Kier molecular flexibility index (Phi) is 4.52. The SMILES string of the molecule is CCNC1CCN(c2c(C)cccc2Cl)C(C)C1. The van der Waals surface area contributed by atoms with Crippen LogP contribution in [0.2, 0.25) is 5.02 Å². The van der Waals surface area contributed by atoms with Crippen molar-refractivity contribution in [1.29, 1.82) is 0 Å². The van der Waals surface area contributed by atoms with Crippen molar-refractivity contribution in [2.75, 3.05) is 18.0 Å². The predicted octanol–water partition coefficient (Wildman–Crippen LogP) is 3.62. The van der Waals surface area contributed by atoms with Crippen LogP contribution in [0.25, 0.3) is 0 Å². The lowest BCUT2D eigenvalue weighted by atomic mass is 9.96. The van der Waals surface area contributed by atoms with Crippen molar-refractivity contribution in [2.24, 2.45) is 0 Å². The molecule has 0 spiro atoms. The summed E-state index contributed by atoms with van der Waals surface area (Å²) >= 11 is 6.37. The first kappa shape index (κ1) is 13.7. The minimum atomic E-state index is 0.543. The molecule has 1 saturated heterocycles. The Labute approximate surface area is 115 Å². The van der Waals surface area contributed by atoms with Crippen LogP contribution in [0, 0.1) is 6.92 Å². The first-order valence-corrected chi connectivity index (χ1v) is 7.26. The maximum atomic E-state index is 6.37. The molecular weight excluding hydrogens is 244 g/mol. The molecule has 100 valence electrons. The van der Waals surface area contributed by atoms with Crippen molar-refractivity contribution in [2.45, 2.75) is 45.7 Å². The monoisotopic (exact) mass is 266 g/mol. The molecule has 1 fully saturated rings. The van der Waals surface area contributed by atoms with E-state index in [4.69, 9.17) is 11.6 Å². The highest BCUT2D eigenvalue weighted by atomic mass is 35.5. The molecule has 0 aromatic heterocycles. The molecule has 0 amide bonds. The molecule has 1 aliphatic rings. The van der Waals surface area contributed by atoms with E-state index in [0.717, 1.165) is 18.1 Å². The van der Waals surface area contributed by atoms with E-state index >= 15 is 0 Å². The Morgan fingerprint density at radius 3 is 2.83 bits per heavy atom. The topological polar surface area (TPSA) is 15.3 Å². The quantitative estimate of drug-likeness (QED) is 0.899. The van der Waals surface area contributed by atoms with Gasteiger partial charge in [0.2, 0.25) is 0 Å². The fraction of sp³-hybridized carbons (Fsp3) is 0.600. The Balaban J connectivity index is 2.15. The van der Waals surface area contributed by atoms with Crippen LogP contribution >= 0.6 is 11.6 Å². The predicted molar refractivity (Wildman–Crippen MR) is 79.7 cm³/mol. The van der Waals surface area contributed by atoms with Gasteiger partial charge in [-0.05, 0) is 44.9 Å². The van der Waals surface area contributed by atoms with Crippen LogP contribution in [0.15, 0.2) is 18.2 Å². The highest BCUT2D eigenvalue weighted by Crippen LogP contribution is 2.33. The van der Waals surface area contributed by atoms with Crippen molar-refractivity contribution in [3.05, 3.63) is 28.8 Å². The number of aryl methyl sites for hydroxylation is 1. The van der Waals surface area contributed by atoms with E-state index in [-0.39, 0.29) is 0 Å². The Morgan fingerprint density at radius 2 is 2.22 bits per heavy atom. The number of halogens is 1. The highest BCUT2D eigenvalue weighted by molar-refractivity contribution is 6.33. The summed E-state index contributed by atoms with van der Waals surface area (Å²) in [7, 11) is 0. The summed E-state index contributed by atoms with van der Waals surface area (Å²) in [5, 5.41) is 4.43. The maximum Gasteiger partial charge on any atom is 0.0642 e. The summed E-state index contributed by atoms with van der Waals surface area (Å²) in [5.41, 5.74) is 2.50. The van der Waals surface area contributed by atoms with Gasteiger partial charge in [-0.3, -0.25) is 0 Å². The number of hydrogen-bond donors (Lipinski definition) is 1. The summed E-state index contributed by atoms with van der Waals surface area (Å²) in [4.78, 5) is 2.46. The molecule has 1 heterocycles. The lowest BCUT2D eigenvalue weighted by Crippen LogP contribution is -2.47. The van der Waals surface area contributed by atoms with Crippen LogP contribution in [-0.4, -0.2) is 25.2 Å². The lowest BCUT2D eigenvalue weighted by Gasteiger charge is -2.40. The molecule has 1 aliphatic heterocycles. The molecule has 2 nitrogen and oxygen atoms in total. The molecule has 1 aromatic carbocycles. The Bertz CT molecular complexity index is 385. The molecule has 0 aliphatic carbocycles. The number of nitrogens with zero attached hydrogens (tertiary/aromatic N) is 1. The molecule has 1 aromatic rings. The second-order valence-corrected chi connectivity index (χ2v) is 5.63. The normalized spacial score (nSPS) is 24.3. The summed E-state index contributed by atoms with van der Waals surface area (Å²) in [5.74, 6) is 0. The Morgan fingerprint density at radius 1 is 1.44 bits per heavy atom. The summed E-state index contributed by atoms with van der Waals surface area (Å²) in [6, 6.07) is 7.36. The number of piperidine rings is 1. The molecule has 18 heavy (non-hydrogen) atoms. The van der Waals surface area contributed by atoms with Gasteiger partial charge in [0.25, 0.3) is 0 Å².